The van der Waals surface area contributed by atoms with Gasteiger partial charge in [0.25, 0.3) is 0 Å². The zero-order valence-electron chi connectivity index (χ0n) is 22.8. The van der Waals surface area contributed by atoms with Crippen LogP contribution in [0.3, 0.4) is 0 Å². The van der Waals surface area contributed by atoms with E-state index in [9.17, 15) is 9.90 Å². The lowest BCUT2D eigenvalue weighted by Gasteiger charge is -2.29. The van der Waals surface area contributed by atoms with Gasteiger partial charge >= 0.3 is 5.97 Å². The number of carboxylic acids is 1. The summed E-state index contributed by atoms with van der Waals surface area (Å²) in [6, 6.07) is 11.8. The minimum absolute atomic E-state index is 0.0950. The summed E-state index contributed by atoms with van der Waals surface area (Å²) in [6.07, 6.45) is 5.55. The third-order valence-electron chi connectivity index (χ3n) is 6.28. The van der Waals surface area contributed by atoms with Crippen LogP contribution < -0.4 is 5.32 Å². The van der Waals surface area contributed by atoms with E-state index < -0.39 is 5.97 Å². The fraction of sp³-hybridized carbons (Fsp3) is 0.300. The molecule has 9 heteroatoms. The molecule has 2 aromatic rings. The first-order valence-electron chi connectivity index (χ1n) is 12.5. The maximum atomic E-state index is 11.4. The lowest BCUT2D eigenvalue weighted by atomic mass is 9.97. The number of methoxy groups -OCH3 is 1. The Kier molecular flexibility index (Phi) is 11.0. The number of hydrogen-bond donors (Lipinski definition) is 3. The second-order valence-electron chi connectivity index (χ2n) is 9.07. The molecule has 0 saturated heterocycles. The molecule has 3 N–H and O–H groups in total. The number of rotatable bonds is 14. The van der Waals surface area contributed by atoms with Crippen LogP contribution in [0.25, 0.3) is 5.57 Å². The molecule has 1 aliphatic rings. The summed E-state index contributed by atoms with van der Waals surface area (Å²) in [5.41, 5.74) is 5.44. The first kappa shape index (κ1) is 29.7. The van der Waals surface area contributed by atoms with E-state index in [1.165, 1.54) is 18.2 Å². The maximum Gasteiger partial charge on any atom is 0.342 e. The first-order chi connectivity index (χ1) is 18.8. The lowest BCUT2D eigenvalue weighted by molar-refractivity contribution is -0.132. The number of ether oxygens (including phenoxy) is 2. The van der Waals surface area contributed by atoms with Crippen molar-refractivity contribution < 1.29 is 19.4 Å². The van der Waals surface area contributed by atoms with Crippen LogP contribution in [-0.4, -0.2) is 59.4 Å². The second kappa shape index (κ2) is 14.4. The number of aliphatic carboxylic acids is 1. The number of fused-ring (bicyclic) bond motifs is 1. The molecule has 0 spiro atoms. The van der Waals surface area contributed by atoms with Crippen LogP contribution in [0.4, 0.5) is 5.82 Å². The van der Waals surface area contributed by atoms with Crippen LogP contribution in [0.5, 0.6) is 0 Å². The molecule has 1 aromatic carbocycles. The molecular weight excluding hydrogens is 512 g/mol. The average molecular weight is 549 g/mol. The molecule has 1 aliphatic heterocycles. The van der Waals surface area contributed by atoms with Crippen LogP contribution in [0.2, 0.25) is 0 Å². The molecule has 3 rings (SSSR count). The summed E-state index contributed by atoms with van der Waals surface area (Å²) in [5, 5.41) is 19.5. The Bertz CT molecular complexity index is 1300. The number of nitrogens with one attached hydrogen (secondary N) is 2. The molecule has 206 valence electrons. The summed E-state index contributed by atoms with van der Waals surface area (Å²) < 4.78 is 11.4. The Morgan fingerprint density at radius 2 is 2.10 bits per heavy atom. The van der Waals surface area contributed by atoms with E-state index in [1.807, 2.05) is 18.7 Å². The van der Waals surface area contributed by atoms with Crippen molar-refractivity contribution in [1.29, 1.82) is 5.41 Å². The highest BCUT2D eigenvalue weighted by atomic mass is 32.2. The molecule has 0 atom stereocenters. The quantitative estimate of drug-likeness (QED) is 0.123. The monoisotopic (exact) mass is 548 g/mol. The van der Waals surface area contributed by atoms with Gasteiger partial charge in [0.2, 0.25) is 5.88 Å². The lowest BCUT2D eigenvalue weighted by Crippen LogP contribution is -2.32. The molecule has 0 saturated carbocycles. The highest BCUT2D eigenvalue weighted by Gasteiger charge is 2.18. The minimum Gasteiger partial charge on any atom is -0.488 e. The highest BCUT2D eigenvalue weighted by molar-refractivity contribution is 7.98. The molecule has 0 bridgehead atoms. The fourth-order valence-electron chi connectivity index (χ4n) is 4.29. The van der Waals surface area contributed by atoms with Crippen LogP contribution in [0.15, 0.2) is 78.4 Å². The standard InChI is InChI=1S/C30H36N4O4S/c1-6-24(26-8-7-9-27(32-26)33-29(37-4)25(17-31)30(35)36)28(20(2)3)38-19-21-10-11-23-18-34(14-15-39-5)13-12-22(23)16-21/h6-11,16-17,31H,1-2,12-15,18-19H2,3-5H3,(H,32,33)(H,35,36)/b28-24-,29-25-,31-17?. The predicted octanol–water partition coefficient (Wildman–Crippen LogP) is 5.50. The normalized spacial score (nSPS) is 14.3. The average Bonchev–Trinajstić information content (AvgIpc) is 2.93. The van der Waals surface area contributed by atoms with Crippen molar-refractivity contribution in [3.63, 3.8) is 0 Å². The van der Waals surface area contributed by atoms with Gasteiger partial charge in [-0.25, -0.2) is 9.78 Å². The summed E-state index contributed by atoms with van der Waals surface area (Å²) in [5.74, 6) is 0.678. The smallest absolute Gasteiger partial charge is 0.342 e. The number of pyridine rings is 1. The summed E-state index contributed by atoms with van der Waals surface area (Å²) >= 11 is 1.88. The van der Waals surface area contributed by atoms with Gasteiger partial charge in [0, 0.05) is 37.2 Å². The van der Waals surface area contributed by atoms with Gasteiger partial charge in [0.15, 0.2) is 0 Å². The van der Waals surface area contributed by atoms with E-state index in [2.05, 4.69) is 52.8 Å². The van der Waals surface area contributed by atoms with Gasteiger partial charge in [-0.15, -0.1) is 0 Å². The molecule has 0 fully saturated rings. The number of allylic oxidation sites excluding steroid dienone is 3. The highest BCUT2D eigenvalue weighted by Crippen LogP contribution is 2.27. The third-order valence-corrected chi connectivity index (χ3v) is 6.87. The number of nitrogens with zero attached hydrogens (tertiary/aromatic N) is 2. The van der Waals surface area contributed by atoms with Gasteiger partial charge in [-0.05, 0) is 54.0 Å². The van der Waals surface area contributed by atoms with Gasteiger partial charge in [-0.1, -0.05) is 43.5 Å². The second-order valence-corrected chi connectivity index (χ2v) is 10.1. The van der Waals surface area contributed by atoms with E-state index in [-0.39, 0.29) is 11.5 Å². The van der Waals surface area contributed by atoms with Gasteiger partial charge in [0.05, 0.1) is 12.8 Å². The van der Waals surface area contributed by atoms with Gasteiger partial charge in [-0.2, -0.15) is 11.8 Å². The fourth-order valence-corrected chi connectivity index (χ4v) is 4.73. The zero-order valence-corrected chi connectivity index (χ0v) is 23.6. The van der Waals surface area contributed by atoms with Crippen molar-refractivity contribution in [2.24, 2.45) is 0 Å². The van der Waals surface area contributed by atoms with Crippen molar-refractivity contribution in [3.05, 3.63) is 101 Å². The van der Waals surface area contributed by atoms with Crippen LogP contribution in [-0.2, 0) is 33.8 Å². The Hall–Kier alpha value is -3.82. The number of carbonyl (C=O) groups is 1. The first-order valence-corrected chi connectivity index (χ1v) is 13.9. The minimum atomic E-state index is -1.29. The van der Waals surface area contributed by atoms with E-state index >= 15 is 0 Å². The molecule has 0 aliphatic carbocycles. The van der Waals surface area contributed by atoms with E-state index in [1.54, 1.807) is 24.3 Å². The van der Waals surface area contributed by atoms with E-state index in [0.29, 0.717) is 35.7 Å². The largest absolute Gasteiger partial charge is 0.488 e. The molecular formula is C30H36N4O4S. The number of thioether (sulfide) groups is 1. The van der Waals surface area contributed by atoms with Crippen LogP contribution in [0.1, 0.15) is 29.3 Å². The van der Waals surface area contributed by atoms with Crippen molar-refractivity contribution in [1.82, 2.24) is 9.88 Å². The van der Waals surface area contributed by atoms with Crippen molar-refractivity contribution in [3.8, 4) is 0 Å². The van der Waals surface area contributed by atoms with Crippen molar-refractivity contribution in [2.45, 2.75) is 26.5 Å². The summed E-state index contributed by atoms with van der Waals surface area (Å²) in [6.45, 7) is 13.5. The molecule has 1 aromatic heterocycles. The Morgan fingerprint density at radius 1 is 1.31 bits per heavy atom. The number of anilines is 1. The Morgan fingerprint density at radius 3 is 2.74 bits per heavy atom. The number of benzene rings is 1. The van der Waals surface area contributed by atoms with Crippen molar-refractivity contribution >= 4 is 35.3 Å². The molecule has 0 amide bonds. The van der Waals surface area contributed by atoms with E-state index in [0.717, 1.165) is 42.9 Å². The maximum absolute atomic E-state index is 11.4. The third kappa shape index (κ3) is 7.84. The Balaban J connectivity index is 1.83. The van der Waals surface area contributed by atoms with Crippen LogP contribution in [0, 0.1) is 5.41 Å². The molecule has 2 heterocycles. The summed E-state index contributed by atoms with van der Waals surface area (Å²) in [4.78, 5) is 18.5. The molecule has 8 nitrogen and oxygen atoms in total. The SMILES string of the molecule is C=C/C(=C(/OCc1ccc2c(c1)CCN(CCSC)C2)C(=C)C)c1cccc(N/C(OC)=C(\C=N)C(=O)O)n1. The van der Waals surface area contributed by atoms with Crippen molar-refractivity contribution in [2.75, 3.05) is 37.5 Å². The van der Waals surface area contributed by atoms with Gasteiger partial charge in [-0.3, -0.25) is 4.90 Å². The molecule has 0 radical (unpaired) electrons. The number of carboxylic acid groups (broad SMARTS) is 1. The molecule has 39 heavy (non-hydrogen) atoms. The predicted molar refractivity (Wildman–Crippen MR) is 159 cm³/mol. The zero-order chi connectivity index (χ0) is 28.4. The number of aromatic nitrogens is 1. The Labute approximate surface area is 234 Å². The van der Waals surface area contributed by atoms with E-state index in [4.69, 9.17) is 14.9 Å². The molecule has 0 unspecified atom stereocenters. The summed E-state index contributed by atoms with van der Waals surface area (Å²) in [7, 11) is 1.32. The number of hydrogen-bond acceptors (Lipinski definition) is 8. The van der Waals surface area contributed by atoms with Gasteiger partial charge < -0.3 is 25.3 Å². The van der Waals surface area contributed by atoms with Gasteiger partial charge in [0.1, 0.15) is 23.8 Å². The topological polar surface area (TPSA) is 108 Å². The van der Waals surface area contributed by atoms with Crippen LogP contribution >= 0.6 is 11.8 Å².